The zero-order chi connectivity index (χ0) is 16.3. The molecule has 8 heteroatoms. The third kappa shape index (κ3) is 4.25. The van der Waals surface area contributed by atoms with Gasteiger partial charge in [-0.25, -0.2) is 8.42 Å². The van der Waals surface area contributed by atoms with E-state index >= 15 is 0 Å². The number of alkyl halides is 3. The second kappa shape index (κ2) is 6.54. The highest BCUT2D eigenvalue weighted by Gasteiger charge is 2.41. The molecule has 1 N–H and O–H groups in total. The van der Waals surface area contributed by atoms with Crippen molar-refractivity contribution >= 4 is 10.0 Å². The summed E-state index contributed by atoms with van der Waals surface area (Å²) in [6, 6.07) is 0. The molecule has 0 aromatic heterocycles. The van der Waals surface area contributed by atoms with E-state index in [1.807, 2.05) is 6.92 Å². The van der Waals surface area contributed by atoms with E-state index in [4.69, 9.17) is 5.11 Å². The number of hydrogen-bond donors (Lipinski definition) is 1. The van der Waals surface area contributed by atoms with E-state index in [9.17, 15) is 21.6 Å². The van der Waals surface area contributed by atoms with Crippen LogP contribution >= 0.6 is 0 Å². The van der Waals surface area contributed by atoms with Gasteiger partial charge in [-0.3, -0.25) is 4.31 Å². The van der Waals surface area contributed by atoms with E-state index in [2.05, 4.69) is 18.4 Å². The minimum atomic E-state index is -4.91. The Labute approximate surface area is 122 Å². The minimum Gasteiger partial charge on any atom is -0.394 e. The standard InChI is InChI=1S/C13H16F3NO3S/c1-10-4-3-5-12(7-6-10)21(19,20)17(8-9-18)11(2)13(14,15)16/h7,10,18H,2,4,6,8-9H2,1H3. The SMILES string of the molecule is C=C(N(CCO)S(=O)(=O)C1=CCC(C)CC#C1)C(F)(F)F. The van der Waals surface area contributed by atoms with Crippen molar-refractivity contribution in [3.8, 4) is 11.8 Å². The van der Waals surface area contributed by atoms with E-state index in [1.54, 1.807) is 0 Å². The van der Waals surface area contributed by atoms with Crippen LogP contribution in [0.4, 0.5) is 13.2 Å². The lowest BCUT2D eigenvalue weighted by Crippen LogP contribution is -2.38. The van der Waals surface area contributed by atoms with Gasteiger partial charge < -0.3 is 5.11 Å². The summed E-state index contributed by atoms with van der Waals surface area (Å²) >= 11 is 0. The van der Waals surface area contributed by atoms with Crippen LogP contribution in [0.25, 0.3) is 0 Å². The molecule has 1 rings (SSSR count). The van der Waals surface area contributed by atoms with Crippen LogP contribution in [0, 0.1) is 17.8 Å². The molecule has 1 aliphatic carbocycles. The summed E-state index contributed by atoms with van der Waals surface area (Å²) in [6.45, 7) is 3.16. The maximum Gasteiger partial charge on any atom is 0.431 e. The van der Waals surface area contributed by atoms with Crippen molar-refractivity contribution < 1.29 is 26.7 Å². The number of halogens is 3. The third-order valence-electron chi connectivity index (χ3n) is 2.87. The smallest absolute Gasteiger partial charge is 0.394 e. The summed E-state index contributed by atoms with van der Waals surface area (Å²) < 4.78 is 62.8. The number of rotatable bonds is 5. The fourth-order valence-electron chi connectivity index (χ4n) is 1.68. The Morgan fingerprint density at radius 1 is 1.57 bits per heavy atom. The number of nitrogens with zero attached hydrogens (tertiary/aromatic N) is 1. The maximum atomic E-state index is 12.7. The maximum absolute atomic E-state index is 12.7. The molecule has 0 fully saturated rings. The molecule has 0 bridgehead atoms. The number of hydrogen-bond acceptors (Lipinski definition) is 3. The third-order valence-corrected chi connectivity index (χ3v) is 4.67. The molecule has 1 aliphatic rings. The highest BCUT2D eigenvalue weighted by Crippen LogP contribution is 2.31. The van der Waals surface area contributed by atoms with E-state index in [0.29, 0.717) is 12.8 Å². The second-order valence-corrected chi connectivity index (χ2v) is 6.49. The van der Waals surface area contributed by atoms with Gasteiger partial charge in [0.25, 0.3) is 10.0 Å². The number of sulfonamides is 1. The van der Waals surface area contributed by atoms with Crippen LogP contribution in [0.2, 0.25) is 0 Å². The lowest BCUT2D eigenvalue weighted by molar-refractivity contribution is -0.104. The van der Waals surface area contributed by atoms with Crippen molar-refractivity contribution in [2.24, 2.45) is 5.92 Å². The van der Waals surface area contributed by atoms with Crippen LogP contribution in [0.3, 0.4) is 0 Å². The molecule has 1 unspecified atom stereocenters. The number of aliphatic hydroxyl groups excluding tert-OH is 1. The topological polar surface area (TPSA) is 57.6 Å². The van der Waals surface area contributed by atoms with E-state index in [-0.39, 0.29) is 15.1 Å². The summed E-state index contributed by atoms with van der Waals surface area (Å²) in [5, 5.41) is 8.84. The van der Waals surface area contributed by atoms with Gasteiger partial charge in [-0.1, -0.05) is 31.4 Å². The molecule has 0 aromatic carbocycles. The Hall–Kier alpha value is -1.46. The first-order valence-electron chi connectivity index (χ1n) is 6.19. The Kier molecular flexibility index (Phi) is 5.48. The number of allylic oxidation sites excluding steroid dienone is 3. The van der Waals surface area contributed by atoms with Crippen LogP contribution in [0.15, 0.2) is 23.3 Å². The van der Waals surface area contributed by atoms with Crippen molar-refractivity contribution in [1.82, 2.24) is 4.31 Å². The molecular formula is C13H16F3NO3S. The molecule has 0 saturated heterocycles. The molecule has 0 saturated carbocycles. The average molecular weight is 323 g/mol. The lowest BCUT2D eigenvalue weighted by atomic mass is 10.1. The van der Waals surface area contributed by atoms with Crippen LogP contribution < -0.4 is 0 Å². The average Bonchev–Trinajstić information content (AvgIpc) is 2.59. The molecule has 1 atom stereocenters. The predicted octanol–water partition coefficient (Wildman–Crippen LogP) is 2.00. The van der Waals surface area contributed by atoms with Crippen molar-refractivity contribution in [2.75, 3.05) is 13.2 Å². The Morgan fingerprint density at radius 3 is 2.71 bits per heavy atom. The second-order valence-electron chi connectivity index (χ2n) is 4.66. The fourth-order valence-corrected chi connectivity index (χ4v) is 3.14. The van der Waals surface area contributed by atoms with E-state index in [0.717, 1.165) is 0 Å². The van der Waals surface area contributed by atoms with E-state index < -0.39 is 35.0 Å². The monoisotopic (exact) mass is 323 g/mol. The first-order chi connectivity index (χ1) is 9.60. The molecule has 0 aromatic rings. The highest BCUT2D eigenvalue weighted by molar-refractivity contribution is 7.93. The summed E-state index contributed by atoms with van der Waals surface area (Å²) in [7, 11) is -4.47. The summed E-state index contributed by atoms with van der Waals surface area (Å²) in [4.78, 5) is -0.384. The highest BCUT2D eigenvalue weighted by atomic mass is 32.2. The molecule has 0 amide bonds. The number of aliphatic hydroxyl groups is 1. The molecule has 4 nitrogen and oxygen atoms in total. The largest absolute Gasteiger partial charge is 0.431 e. The normalized spacial score (nSPS) is 19.1. The van der Waals surface area contributed by atoms with Gasteiger partial charge in [0.15, 0.2) is 0 Å². The molecule has 0 spiro atoms. The van der Waals surface area contributed by atoms with Crippen LogP contribution in [-0.2, 0) is 10.0 Å². The Balaban J connectivity index is 3.22. The summed E-state index contributed by atoms with van der Waals surface area (Å²) in [5.41, 5.74) is -1.54. The van der Waals surface area contributed by atoms with Gasteiger partial charge in [-0.2, -0.15) is 13.2 Å². The van der Waals surface area contributed by atoms with Crippen molar-refractivity contribution in [3.63, 3.8) is 0 Å². The van der Waals surface area contributed by atoms with Crippen LogP contribution in [0.1, 0.15) is 19.8 Å². The molecule has 118 valence electrons. The Morgan fingerprint density at radius 2 is 2.19 bits per heavy atom. The molecule has 0 heterocycles. The van der Waals surface area contributed by atoms with E-state index in [1.165, 1.54) is 6.08 Å². The van der Waals surface area contributed by atoms with Crippen LogP contribution in [-0.4, -0.2) is 37.2 Å². The zero-order valence-electron chi connectivity index (χ0n) is 11.4. The van der Waals surface area contributed by atoms with Crippen LogP contribution in [0.5, 0.6) is 0 Å². The van der Waals surface area contributed by atoms with Gasteiger partial charge in [-0.05, 0) is 12.3 Å². The zero-order valence-corrected chi connectivity index (χ0v) is 12.3. The molecule has 0 aliphatic heterocycles. The van der Waals surface area contributed by atoms with Gasteiger partial charge in [0.05, 0.1) is 13.2 Å². The predicted molar refractivity (Wildman–Crippen MR) is 72.2 cm³/mol. The quantitative estimate of drug-likeness (QED) is 0.787. The lowest BCUT2D eigenvalue weighted by Gasteiger charge is -2.26. The summed E-state index contributed by atoms with van der Waals surface area (Å²) in [5.74, 6) is 5.15. The molecule has 0 radical (unpaired) electrons. The fraction of sp³-hybridized carbons (Fsp3) is 0.538. The van der Waals surface area contributed by atoms with Crippen molar-refractivity contribution in [2.45, 2.75) is 25.9 Å². The summed E-state index contributed by atoms with van der Waals surface area (Å²) in [6.07, 6.45) is -2.74. The first kappa shape index (κ1) is 17.6. The Bertz CT molecular complexity index is 596. The first-order valence-corrected chi connectivity index (χ1v) is 7.63. The van der Waals surface area contributed by atoms with Crippen molar-refractivity contribution in [3.05, 3.63) is 23.3 Å². The van der Waals surface area contributed by atoms with Gasteiger partial charge in [0, 0.05) is 6.42 Å². The van der Waals surface area contributed by atoms with Gasteiger partial charge >= 0.3 is 6.18 Å². The molecule has 21 heavy (non-hydrogen) atoms. The van der Waals surface area contributed by atoms with Gasteiger partial charge in [0.2, 0.25) is 0 Å². The molecular weight excluding hydrogens is 307 g/mol. The van der Waals surface area contributed by atoms with Gasteiger partial charge in [-0.15, -0.1) is 0 Å². The van der Waals surface area contributed by atoms with Crippen molar-refractivity contribution in [1.29, 1.82) is 0 Å². The minimum absolute atomic E-state index is 0.0590. The van der Waals surface area contributed by atoms with Gasteiger partial charge in [0.1, 0.15) is 10.6 Å².